The summed E-state index contributed by atoms with van der Waals surface area (Å²) in [5.74, 6) is -0.331. The molecule has 5 nitrogen and oxygen atoms in total. The Morgan fingerprint density at radius 2 is 2.14 bits per heavy atom. The molecule has 0 aliphatic rings. The van der Waals surface area contributed by atoms with Gasteiger partial charge in [0.2, 0.25) is 12.3 Å². The third-order valence-corrected chi connectivity index (χ3v) is 1.67. The molecule has 0 spiro atoms. The summed E-state index contributed by atoms with van der Waals surface area (Å²) in [4.78, 5) is 32.8. The summed E-state index contributed by atoms with van der Waals surface area (Å²) in [6, 6.07) is 0. The summed E-state index contributed by atoms with van der Waals surface area (Å²) in [6.45, 7) is 1.39. The van der Waals surface area contributed by atoms with E-state index in [4.69, 9.17) is 4.74 Å². The van der Waals surface area contributed by atoms with E-state index < -0.39 is 0 Å². The number of thiol groups is 1. The molecule has 6 heteroatoms. The molecule has 0 heterocycles. The van der Waals surface area contributed by atoms with Crippen LogP contribution in [0, 0.1) is 0 Å². The van der Waals surface area contributed by atoms with Gasteiger partial charge in [-0.2, -0.15) is 12.6 Å². The Kier molecular flexibility index (Phi) is 6.82. The predicted molar refractivity (Wildman–Crippen MR) is 52.9 cm³/mol. The van der Waals surface area contributed by atoms with Gasteiger partial charge >= 0.3 is 5.97 Å². The number of amides is 2. The van der Waals surface area contributed by atoms with E-state index in [0.717, 1.165) is 4.90 Å². The number of hydrogen-bond acceptors (Lipinski definition) is 5. The number of carbonyl (C=O) groups excluding carboxylic acids is 3. The number of esters is 1. The van der Waals surface area contributed by atoms with E-state index in [-0.39, 0.29) is 31.4 Å². The average Bonchev–Trinajstić information content (AvgIpc) is 2.12. The van der Waals surface area contributed by atoms with Crippen LogP contribution in [0.5, 0.6) is 0 Å². The summed E-state index contributed by atoms with van der Waals surface area (Å²) in [5.41, 5.74) is 0. The van der Waals surface area contributed by atoms with Crippen LogP contribution < -0.4 is 0 Å². The third-order valence-electron chi connectivity index (χ3n) is 1.44. The number of ether oxygens (including phenoxy) is 1. The van der Waals surface area contributed by atoms with Crippen LogP contribution in [-0.4, -0.2) is 42.1 Å². The van der Waals surface area contributed by atoms with E-state index in [1.54, 1.807) is 0 Å². The van der Waals surface area contributed by atoms with E-state index in [2.05, 4.69) is 12.6 Å². The molecule has 0 aromatic heterocycles. The van der Waals surface area contributed by atoms with Gasteiger partial charge in [-0.3, -0.25) is 19.3 Å². The van der Waals surface area contributed by atoms with Crippen molar-refractivity contribution >= 4 is 30.9 Å². The Bertz CT molecular complexity index is 219. The van der Waals surface area contributed by atoms with Crippen molar-refractivity contribution < 1.29 is 19.1 Å². The summed E-state index contributed by atoms with van der Waals surface area (Å²) < 4.78 is 4.72. The first-order valence-corrected chi connectivity index (χ1v) is 4.74. The summed E-state index contributed by atoms with van der Waals surface area (Å²) in [5, 5.41) is 0. The molecule has 0 fully saturated rings. The van der Waals surface area contributed by atoms with Gasteiger partial charge in [0.25, 0.3) is 0 Å². The number of nitrogens with zero attached hydrogens (tertiary/aromatic N) is 1. The van der Waals surface area contributed by atoms with Crippen molar-refractivity contribution in [2.24, 2.45) is 0 Å². The Morgan fingerprint density at radius 1 is 1.50 bits per heavy atom. The Morgan fingerprint density at radius 3 is 2.57 bits per heavy atom. The molecule has 14 heavy (non-hydrogen) atoms. The predicted octanol–water partition coefficient (Wildman–Crippen LogP) is -0.146. The molecular weight excluding hydrogens is 206 g/mol. The van der Waals surface area contributed by atoms with Crippen molar-refractivity contribution in [3.63, 3.8) is 0 Å². The van der Waals surface area contributed by atoms with Crippen LogP contribution in [-0.2, 0) is 19.1 Å². The van der Waals surface area contributed by atoms with Crippen LogP contribution in [0.1, 0.15) is 13.3 Å². The SMILES string of the molecule is CC(=O)N(C=O)CCOC(=O)CCS. The Hall–Kier alpha value is -1.04. The van der Waals surface area contributed by atoms with Crippen LogP contribution in [0.4, 0.5) is 0 Å². The molecule has 0 saturated carbocycles. The second-order valence-corrected chi connectivity index (χ2v) is 2.96. The van der Waals surface area contributed by atoms with Crippen molar-refractivity contribution in [1.82, 2.24) is 4.90 Å². The largest absolute Gasteiger partial charge is 0.464 e. The van der Waals surface area contributed by atoms with Crippen molar-refractivity contribution in [3.8, 4) is 0 Å². The van der Waals surface area contributed by atoms with Crippen LogP contribution in [0.25, 0.3) is 0 Å². The zero-order valence-corrected chi connectivity index (χ0v) is 8.83. The number of rotatable bonds is 6. The first-order chi connectivity index (χ1) is 6.61. The van der Waals surface area contributed by atoms with Gasteiger partial charge in [-0.1, -0.05) is 0 Å². The van der Waals surface area contributed by atoms with Crippen molar-refractivity contribution in [2.75, 3.05) is 18.9 Å². The highest BCUT2D eigenvalue weighted by Gasteiger charge is 2.07. The van der Waals surface area contributed by atoms with Gasteiger partial charge in [-0.05, 0) is 0 Å². The maximum absolute atomic E-state index is 10.8. The lowest BCUT2D eigenvalue weighted by Gasteiger charge is -2.12. The molecule has 2 amide bonds. The van der Waals surface area contributed by atoms with E-state index in [1.165, 1.54) is 6.92 Å². The van der Waals surface area contributed by atoms with Crippen LogP contribution in [0.15, 0.2) is 0 Å². The number of imide groups is 1. The van der Waals surface area contributed by atoms with E-state index in [1.807, 2.05) is 0 Å². The Balaban J connectivity index is 3.66. The number of hydrogen-bond donors (Lipinski definition) is 1. The van der Waals surface area contributed by atoms with E-state index in [0.29, 0.717) is 12.2 Å². The lowest BCUT2D eigenvalue weighted by molar-refractivity contribution is -0.146. The summed E-state index contributed by atoms with van der Waals surface area (Å²) in [6.07, 6.45) is 0.638. The fourth-order valence-corrected chi connectivity index (χ4v) is 0.888. The minimum absolute atomic E-state index is 0.0327. The zero-order valence-electron chi connectivity index (χ0n) is 7.93. The van der Waals surface area contributed by atoms with Crippen molar-refractivity contribution in [2.45, 2.75) is 13.3 Å². The maximum Gasteiger partial charge on any atom is 0.306 e. The summed E-state index contributed by atoms with van der Waals surface area (Å²) in [7, 11) is 0. The molecular formula is C8H13NO4S. The Labute approximate surface area is 87.8 Å². The second kappa shape index (κ2) is 7.37. The lowest BCUT2D eigenvalue weighted by Crippen LogP contribution is -2.31. The fourth-order valence-electron chi connectivity index (χ4n) is 0.706. The van der Waals surface area contributed by atoms with Gasteiger partial charge in [0, 0.05) is 12.7 Å². The third kappa shape index (κ3) is 5.58. The van der Waals surface area contributed by atoms with Gasteiger partial charge in [0.05, 0.1) is 13.0 Å². The summed E-state index contributed by atoms with van der Waals surface area (Å²) >= 11 is 3.85. The standard InChI is InChI=1S/C8H13NO4S/c1-7(11)9(6-10)3-4-13-8(12)2-5-14/h6,14H,2-5H2,1H3. The smallest absolute Gasteiger partial charge is 0.306 e. The van der Waals surface area contributed by atoms with Crippen LogP contribution >= 0.6 is 12.6 Å². The highest BCUT2D eigenvalue weighted by molar-refractivity contribution is 7.80. The highest BCUT2D eigenvalue weighted by atomic mass is 32.1. The van der Waals surface area contributed by atoms with Gasteiger partial charge in [-0.15, -0.1) is 0 Å². The van der Waals surface area contributed by atoms with Gasteiger partial charge in [-0.25, -0.2) is 0 Å². The average molecular weight is 219 g/mol. The van der Waals surface area contributed by atoms with Crippen LogP contribution in [0.3, 0.4) is 0 Å². The molecule has 0 atom stereocenters. The normalized spacial score (nSPS) is 9.29. The van der Waals surface area contributed by atoms with E-state index >= 15 is 0 Å². The fraction of sp³-hybridized carbons (Fsp3) is 0.625. The highest BCUT2D eigenvalue weighted by Crippen LogP contribution is 1.90. The first-order valence-electron chi connectivity index (χ1n) is 4.10. The molecule has 0 unspecified atom stereocenters. The first kappa shape index (κ1) is 13.0. The molecule has 80 valence electrons. The molecule has 0 rings (SSSR count). The molecule has 0 saturated heterocycles. The molecule has 0 N–H and O–H groups in total. The maximum atomic E-state index is 10.8. The minimum Gasteiger partial charge on any atom is -0.464 e. The quantitative estimate of drug-likeness (QED) is 0.383. The molecule has 0 aliphatic carbocycles. The molecule has 0 aliphatic heterocycles. The molecule has 0 aromatic carbocycles. The second-order valence-electron chi connectivity index (χ2n) is 2.51. The topological polar surface area (TPSA) is 63.7 Å². The molecule has 0 bridgehead atoms. The molecule has 0 radical (unpaired) electrons. The van der Waals surface area contributed by atoms with Crippen molar-refractivity contribution in [3.05, 3.63) is 0 Å². The van der Waals surface area contributed by atoms with Gasteiger partial charge in [0.15, 0.2) is 0 Å². The monoisotopic (exact) mass is 219 g/mol. The van der Waals surface area contributed by atoms with Gasteiger partial charge in [0.1, 0.15) is 6.61 Å². The number of carbonyl (C=O) groups is 3. The van der Waals surface area contributed by atoms with E-state index in [9.17, 15) is 14.4 Å². The zero-order chi connectivity index (χ0) is 11.0. The van der Waals surface area contributed by atoms with Crippen molar-refractivity contribution in [1.29, 1.82) is 0 Å². The minimum atomic E-state index is -0.380. The van der Waals surface area contributed by atoms with Gasteiger partial charge < -0.3 is 4.74 Å². The molecule has 0 aromatic rings. The van der Waals surface area contributed by atoms with Crippen LogP contribution in [0.2, 0.25) is 0 Å². The lowest BCUT2D eigenvalue weighted by atomic mass is 10.5.